The van der Waals surface area contributed by atoms with E-state index in [1.54, 1.807) is 0 Å². The van der Waals surface area contributed by atoms with Gasteiger partial charge in [0.05, 0.1) is 6.61 Å². The van der Waals surface area contributed by atoms with Crippen LogP contribution >= 0.6 is 12.0 Å². The molecule has 0 radical (unpaired) electrons. The Kier molecular flexibility index (Phi) is 4.65. The Bertz CT molecular complexity index is 253. The molecule has 1 rings (SSSR count). The molecule has 2 heteroatoms. The molecule has 0 N–H and O–H groups in total. The van der Waals surface area contributed by atoms with Gasteiger partial charge in [-0.05, 0) is 30.1 Å². The zero-order chi connectivity index (χ0) is 9.52. The van der Waals surface area contributed by atoms with Crippen LogP contribution in [0.5, 0.6) is 0 Å². The molecule has 1 aromatic carbocycles. The maximum atomic E-state index is 5.19. The van der Waals surface area contributed by atoms with Crippen molar-refractivity contribution in [2.45, 2.75) is 12.7 Å². The molecule has 0 bridgehead atoms. The fourth-order valence-corrected chi connectivity index (χ4v) is 1.52. The Labute approximate surface area is 84.0 Å². The molecule has 0 heterocycles. The standard InChI is InChI=1S/C11H14OS/c1-3-10-5-7-11(8-6-10)9-13-12-4-2/h3,5-8H,1,4,9H2,2H3. The first-order chi connectivity index (χ1) is 6.36. The summed E-state index contributed by atoms with van der Waals surface area (Å²) in [5, 5.41) is 0. The van der Waals surface area contributed by atoms with Gasteiger partial charge in [-0.3, -0.25) is 0 Å². The minimum atomic E-state index is 0.759. The highest BCUT2D eigenvalue weighted by molar-refractivity contribution is 7.93. The fourth-order valence-electron chi connectivity index (χ4n) is 0.943. The lowest BCUT2D eigenvalue weighted by Crippen LogP contribution is -1.83. The number of rotatable bonds is 5. The van der Waals surface area contributed by atoms with Crippen molar-refractivity contribution >= 4 is 18.1 Å². The average molecular weight is 194 g/mol. The van der Waals surface area contributed by atoms with Crippen LogP contribution in [0.2, 0.25) is 0 Å². The van der Waals surface area contributed by atoms with Crippen molar-refractivity contribution in [3.8, 4) is 0 Å². The lowest BCUT2D eigenvalue weighted by Gasteiger charge is -2.00. The van der Waals surface area contributed by atoms with E-state index in [0.717, 1.165) is 17.9 Å². The van der Waals surface area contributed by atoms with Gasteiger partial charge in [0, 0.05) is 5.75 Å². The highest BCUT2D eigenvalue weighted by Gasteiger charge is 1.93. The first-order valence-electron chi connectivity index (χ1n) is 4.32. The molecule has 1 nitrogen and oxygen atoms in total. The molecule has 0 fully saturated rings. The van der Waals surface area contributed by atoms with Crippen LogP contribution in [0.25, 0.3) is 6.08 Å². The zero-order valence-corrected chi connectivity index (χ0v) is 8.64. The van der Waals surface area contributed by atoms with E-state index in [0.29, 0.717) is 0 Å². The van der Waals surface area contributed by atoms with Gasteiger partial charge in [0.1, 0.15) is 0 Å². The average Bonchev–Trinajstić information content (AvgIpc) is 2.19. The van der Waals surface area contributed by atoms with Gasteiger partial charge in [-0.15, -0.1) is 0 Å². The van der Waals surface area contributed by atoms with Gasteiger partial charge in [-0.2, -0.15) is 0 Å². The van der Waals surface area contributed by atoms with E-state index in [2.05, 4.69) is 30.8 Å². The van der Waals surface area contributed by atoms with Gasteiger partial charge in [-0.1, -0.05) is 36.9 Å². The summed E-state index contributed by atoms with van der Waals surface area (Å²) in [7, 11) is 0. The van der Waals surface area contributed by atoms with Crippen LogP contribution in [0.4, 0.5) is 0 Å². The monoisotopic (exact) mass is 194 g/mol. The van der Waals surface area contributed by atoms with Gasteiger partial charge < -0.3 is 4.18 Å². The Morgan fingerprint density at radius 1 is 1.38 bits per heavy atom. The van der Waals surface area contributed by atoms with Gasteiger partial charge in [0.2, 0.25) is 0 Å². The highest BCUT2D eigenvalue weighted by Crippen LogP contribution is 2.14. The molecule has 0 spiro atoms. The second kappa shape index (κ2) is 5.84. The molecule has 13 heavy (non-hydrogen) atoms. The van der Waals surface area contributed by atoms with Gasteiger partial charge >= 0.3 is 0 Å². The van der Waals surface area contributed by atoms with Crippen LogP contribution in [0.1, 0.15) is 18.1 Å². The number of hydrogen-bond donors (Lipinski definition) is 0. The third kappa shape index (κ3) is 3.66. The summed E-state index contributed by atoms with van der Waals surface area (Å²) in [6.45, 7) is 6.46. The summed E-state index contributed by atoms with van der Waals surface area (Å²) in [4.78, 5) is 0. The van der Waals surface area contributed by atoms with Crippen LogP contribution in [-0.4, -0.2) is 6.61 Å². The molecule has 0 aliphatic rings. The Morgan fingerprint density at radius 3 is 2.62 bits per heavy atom. The third-order valence-electron chi connectivity index (χ3n) is 1.64. The molecule has 0 aliphatic heterocycles. The topological polar surface area (TPSA) is 9.23 Å². The van der Waals surface area contributed by atoms with Crippen molar-refractivity contribution in [2.24, 2.45) is 0 Å². The van der Waals surface area contributed by atoms with Crippen molar-refractivity contribution in [1.82, 2.24) is 0 Å². The van der Waals surface area contributed by atoms with Crippen LogP contribution in [0.3, 0.4) is 0 Å². The predicted molar refractivity (Wildman–Crippen MR) is 59.5 cm³/mol. The van der Waals surface area contributed by atoms with E-state index >= 15 is 0 Å². The summed E-state index contributed by atoms with van der Waals surface area (Å²) < 4.78 is 5.19. The van der Waals surface area contributed by atoms with Gasteiger partial charge in [0.15, 0.2) is 0 Å². The maximum absolute atomic E-state index is 5.19. The van der Waals surface area contributed by atoms with Gasteiger partial charge in [-0.25, -0.2) is 0 Å². The first-order valence-corrected chi connectivity index (χ1v) is 5.23. The van der Waals surface area contributed by atoms with E-state index in [4.69, 9.17) is 4.18 Å². The largest absolute Gasteiger partial charge is 0.315 e. The summed E-state index contributed by atoms with van der Waals surface area (Å²) in [6, 6.07) is 8.33. The van der Waals surface area contributed by atoms with Crippen molar-refractivity contribution in [3.05, 3.63) is 42.0 Å². The minimum absolute atomic E-state index is 0.759. The second-order valence-corrected chi connectivity index (χ2v) is 3.37. The van der Waals surface area contributed by atoms with Crippen LogP contribution < -0.4 is 0 Å². The summed E-state index contributed by atoms with van der Waals surface area (Å²) >= 11 is 1.49. The molecule has 0 saturated heterocycles. The Morgan fingerprint density at radius 2 is 2.08 bits per heavy atom. The fraction of sp³-hybridized carbons (Fsp3) is 0.273. The normalized spacial score (nSPS) is 9.92. The SMILES string of the molecule is C=Cc1ccc(CSOCC)cc1. The van der Waals surface area contributed by atoms with E-state index in [9.17, 15) is 0 Å². The highest BCUT2D eigenvalue weighted by atomic mass is 32.2. The molecule has 0 amide bonds. The molecule has 0 atom stereocenters. The molecule has 0 aromatic heterocycles. The molecule has 0 aliphatic carbocycles. The van der Waals surface area contributed by atoms with Crippen molar-refractivity contribution in [3.63, 3.8) is 0 Å². The smallest absolute Gasteiger partial charge is 0.0585 e. The second-order valence-electron chi connectivity index (χ2n) is 2.61. The van der Waals surface area contributed by atoms with Gasteiger partial charge in [0.25, 0.3) is 0 Å². The van der Waals surface area contributed by atoms with E-state index in [1.165, 1.54) is 17.6 Å². The molecular formula is C11H14OS. The lowest BCUT2D eigenvalue weighted by molar-refractivity contribution is 0.401. The summed E-state index contributed by atoms with van der Waals surface area (Å²) in [5.74, 6) is 0.908. The van der Waals surface area contributed by atoms with Crippen molar-refractivity contribution in [2.75, 3.05) is 6.61 Å². The zero-order valence-electron chi connectivity index (χ0n) is 7.82. The maximum Gasteiger partial charge on any atom is 0.0585 e. The van der Waals surface area contributed by atoms with Crippen molar-refractivity contribution < 1.29 is 4.18 Å². The van der Waals surface area contributed by atoms with Crippen LogP contribution in [-0.2, 0) is 9.94 Å². The molecular weight excluding hydrogens is 180 g/mol. The molecule has 0 unspecified atom stereocenters. The molecule has 1 aromatic rings. The van der Waals surface area contributed by atoms with E-state index in [-0.39, 0.29) is 0 Å². The molecule has 70 valence electrons. The first kappa shape index (κ1) is 10.4. The summed E-state index contributed by atoms with van der Waals surface area (Å²) in [6.07, 6.45) is 1.85. The van der Waals surface area contributed by atoms with Crippen molar-refractivity contribution in [1.29, 1.82) is 0 Å². The van der Waals surface area contributed by atoms with Crippen LogP contribution in [0, 0.1) is 0 Å². The predicted octanol–water partition coefficient (Wildman–Crippen LogP) is 3.51. The van der Waals surface area contributed by atoms with E-state index in [1.807, 2.05) is 13.0 Å². The molecule has 0 saturated carbocycles. The minimum Gasteiger partial charge on any atom is -0.315 e. The third-order valence-corrected chi connectivity index (χ3v) is 2.50. The number of hydrogen-bond acceptors (Lipinski definition) is 2. The quantitative estimate of drug-likeness (QED) is 0.524. The number of benzene rings is 1. The summed E-state index contributed by atoms with van der Waals surface area (Å²) in [5.41, 5.74) is 2.44. The lowest BCUT2D eigenvalue weighted by atomic mass is 10.1. The Hall–Kier alpha value is -0.730. The van der Waals surface area contributed by atoms with E-state index < -0.39 is 0 Å². The van der Waals surface area contributed by atoms with Crippen LogP contribution in [0.15, 0.2) is 30.8 Å². The Balaban J connectivity index is 2.44.